The second kappa shape index (κ2) is 18.0. The van der Waals surface area contributed by atoms with E-state index >= 15 is 0 Å². The van der Waals surface area contributed by atoms with Crippen LogP contribution in [-0.4, -0.2) is 23.8 Å². The molecule has 0 unspecified atom stereocenters. The number of hydrogen-bond donors (Lipinski definition) is 1. The fourth-order valence-electron chi connectivity index (χ4n) is 2.51. The third-order valence-electron chi connectivity index (χ3n) is 4.03. The lowest BCUT2D eigenvalue weighted by Crippen LogP contribution is -2.18. The van der Waals surface area contributed by atoms with Gasteiger partial charge in [0.25, 0.3) is 5.69 Å². The fraction of sp³-hybridized carbons (Fsp3) is 0.684. The van der Waals surface area contributed by atoms with Crippen molar-refractivity contribution >= 4 is 39.7 Å². The van der Waals surface area contributed by atoms with Crippen molar-refractivity contribution in [3.8, 4) is 0 Å². The van der Waals surface area contributed by atoms with Crippen LogP contribution in [0.4, 0.5) is 5.69 Å². The average molecular weight is 421 g/mol. The SMILES string of the molecule is CCCCCCCCCCNCCSSCc1ccc([N+](=O)[O-])cc1.Cl. The van der Waals surface area contributed by atoms with Crippen LogP contribution >= 0.6 is 34.0 Å². The lowest BCUT2D eigenvalue weighted by atomic mass is 10.1. The molecule has 150 valence electrons. The van der Waals surface area contributed by atoms with Gasteiger partial charge in [0.15, 0.2) is 0 Å². The van der Waals surface area contributed by atoms with E-state index in [4.69, 9.17) is 0 Å². The molecule has 0 aliphatic heterocycles. The fourth-order valence-corrected chi connectivity index (χ4v) is 4.52. The van der Waals surface area contributed by atoms with E-state index in [2.05, 4.69) is 12.2 Å². The van der Waals surface area contributed by atoms with Gasteiger partial charge in [0.1, 0.15) is 0 Å². The Morgan fingerprint density at radius 1 is 0.923 bits per heavy atom. The van der Waals surface area contributed by atoms with Crippen molar-refractivity contribution in [2.75, 3.05) is 18.8 Å². The van der Waals surface area contributed by atoms with Crippen LogP contribution < -0.4 is 5.32 Å². The van der Waals surface area contributed by atoms with Gasteiger partial charge >= 0.3 is 0 Å². The molecule has 0 aromatic heterocycles. The highest BCUT2D eigenvalue weighted by atomic mass is 35.5. The van der Waals surface area contributed by atoms with Crippen molar-refractivity contribution in [3.05, 3.63) is 39.9 Å². The topological polar surface area (TPSA) is 55.2 Å². The summed E-state index contributed by atoms with van der Waals surface area (Å²) in [7, 11) is 3.67. The van der Waals surface area contributed by atoms with E-state index < -0.39 is 0 Å². The molecule has 0 saturated carbocycles. The van der Waals surface area contributed by atoms with Gasteiger partial charge in [-0.25, -0.2) is 0 Å². The Kier molecular flexibility index (Phi) is 17.7. The third kappa shape index (κ3) is 13.7. The molecule has 0 aliphatic rings. The molecule has 4 nitrogen and oxygen atoms in total. The number of non-ortho nitro benzene ring substituents is 1. The molecule has 0 spiro atoms. The summed E-state index contributed by atoms with van der Waals surface area (Å²) in [4.78, 5) is 10.2. The highest BCUT2D eigenvalue weighted by molar-refractivity contribution is 8.76. The van der Waals surface area contributed by atoms with Gasteiger partial charge in [0, 0.05) is 30.2 Å². The summed E-state index contributed by atoms with van der Waals surface area (Å²) in [6.45, 7) is 4.44. The first-order valence-electron chi connectivity index (χ1n) is 9.42. The summed E-state index contributed by atoms with van der Waals surface area (Å²) in [6, 6.07) is 6.83. The number of benzene rings is 1. The highest BCUT2D eigenvalue weighted by Gasteiger charge is 2.03. The number of rotatable bonds is 16. The second-order valence-corrected chi connectivity index (χ2v) is 8.82. The molecule has 1 N–H and O–H groups in total. The van der Waals surface area contributed by atoms with E-state index in [9.17, 15) is 10.1 Å². The minimum atomic E-state index is -0.357. The van der Waals surface area contributed by atoms with Crippen LogP contribution in [0.5, 0.6) is 0 Å². The molecule has 0 fully saturated rings. The first-order chi connectivity index (χ1) is 12.2. The number of unbranched alkanes of at least 4 members (excludes halogenated alkanes) is 7. The van der Waals surface area contributed by atoms with E-state index in [-0.39, 0.29) is 23.0 Å². The number of nitrogens with one attached hydrogen (secondary N) is 1. The normalized spacial score (nSPS) is 10.5. The number of halogens is 1. The highest BCUT2D eigenvalue weighted by Crippen LogP contribution is 2.26. The van der Waals surface area contributed by atoms with Crippen LogP contribution in [0.2, 0.25) is 0 Å². The Hall–Kier alpha value is -0.430. The van der Waals surface area contributed by atoms with E-state index in [1.807, 2.05) is 33.7 Å². The molecule has 1 rings (SSSR count). The molecule has 0 heterocycles. The van der Waals surface area contributed by atoms with Gasteiger partial charge in [-0.1, -0.05) is 85.6 Å². The summed E-state index contributed by atoms with van der Waals surface area (Å²) < 4.78 is 0. The van der Waals surface area contributed by atoms with Crippen molar-refractivity contribution in [1.29, 1.82) is 0 Å². The molecule has 0 radical (unpaired) electrons. The monoisotopic (exact) mass is 420 g/mol. The zero-order valence-electron chi connectivity index (χ0n) is 15.8. The lowest BCUT2D eigenvalue weighted by Gasteiger charge is -2.05. The molecular weight excluding hydrogens is 388 g/mol. The van der Waals surface area contributed by atoms with Gasteiger partial charge in [0.2, 0.25) is 0 Å². The molecule has 1 aromatic carbocycles. The zero-order chi connectivity index (χ0) is 18.2. The Morgan fingerprint density at radius 3 is 2.15 bits per heavy atom. The van der Waals surface area contributed by atoms with Gasteiger partial charge in [0.05, 0.1) is 4.92 Å². The third-order valence-corrected chi connectivity index (χ3v) is 6.37. The molecule has 0 aliphatic carbocycles. The summed E-state index contributed by atoms with van der Waals surface area (Å²) in [5.74, 6) is 1.98. The van der Waals surface area contributed by atoms with E-state index in [0.29, 0.717) is 0 Å². The molecule has 1 aromatic rings. The number of nitrogens with zero attached hydrogens (tertiary/aromatic N) is 1. The Balaban J connectivity index is 0.00000625. The number of nitro benzene ring substituents is 1. The maximum Gasteiger partial charge on any atom is 0.269 e. The van der Waals surface area contributed by atoms with Crippen molar-refractivity contribution in [3.63, 3.8) is 0 Å². The zero-order valence-corrected chi connectivity index (χ0v) is 18.2. The van der Waals surface area contributed by atoms with Gasteiger partial charge in [-0.3, -0.25) is 10.1 Å². The van der Waals surface area contributed by atoms with Crippen molar-refractivity contribution in [2.45, 2.75) is 64.0 Å². The first-order valence-corrected chi connectivity index (χ1v) is 11.9. The van der Waals surface area contributed by atoms with Crippen LogP contribution in [0.15, 0.2) is 24.3 Å². The molecule has 0 saturated heterocycles. The summed E-state index contributed by atoms with van der Waals surface area (Å²) >= 11 is 0. The largest absolute Gasteiger partial charge is 0.316 e. The molecule has 7 heteroatoms. The predicted octanol–water partition coefficient (Wildman–Crippen LogP) is 6.63. The first kappa shape index (κ1) is 25.6. The summed E-state index contributed by atoms with van der Waals surface area (Å²) in [6.07, 6.45) is 10.9. The van der Waals surface area contributed by atoms with E-state index in [1.54, 1.807) is 12.1 Å². The quantitative estimate of drug-likeness (QED) is 0.141. The standard InChI is InChI=1S/C19H32N2O2S2.ClH/c1-2-3-4-5-6-7-8-9-14-20-15-16-24-25-17-18-10-12-19(13-11-18)21(22)23;/h10-13,20H,2-9,14-17H2,1H3;1H. The maximum atomic E-state index is 10.6. The average Bonchev–Trinajstić information content (AvgIpc) is 2.62. The van der Waals surface area contributed by atoms with Crippen LogP contribution in [0.1, 0.15) is 63.9 Å². The van der Waals surface area contributed by atoms with Gasteiger partial charge in [-0.2, -0.15) is 0 Å². The van der Waals surface area contributed by atoms with E-state index in [0.717, 1.165) is 30.2 Å². The van der Waals surface area contributed by atoms with Gasteiger partial charge < -0.3 is 5.32 Å². The smallest absolute Gasteiger partial charge is 0.269 e. The minimum absolute atomic E-state index is 0. The van der Waals surface area contributed by atoms with Crippen LogP contribution in [0, 0.1) is 10.1 Å². The Labute approximate surface area is 172 Å². The van der Waals surface area contributed by atoms with Crippen LogP contribution in [0.25, 0.3) is 0 Å². The minimum Gasteiger partial charge on any atom is -0.316 e. The molecule has 0 atom stereocenters. The number of nitro groups is 1. The summed E-state index contributed by atoms with van der Waals surface area (Å²) in [5.41, 5.74) is 1.29. The van der Waals surface area contributed by atoms with Crippen molar-refractivity contribution in [2.24, 2.45) is 0 Å². The van der Waals surface area contributed by atoms with Crippen LogP contribution in [-0.2, 0) is 5.75 Å². The molecule has 26 heavy (non-hydrogen) atoms. The number of hydrogen-bond acceptors (Lipinski definition) is 5. The second-order valence-electron chi connectivity index (χ2n) is 6.23. The summed E-state index contributed by atoms with van der Waals surface area (Å²) in [5, 5.41) is 14.1. The lowest BCUT2D eigenvalue weighted by molar-refractivity contribution is -0.384. The Bertz CT molecular complexity index is 461. The molecule has 0 amide bonds. The maximum absolute atomic E-state index is 10.6. The van der Waals surface area contributed by atoms with E-state index in [1.165, 1.54) is 51.4 Å². The van der Waals surface area contributed by atoms with Crippen molar-refractivity contribution < 1.29 is 4.92 Å². The van der Waals surface area contributed by atoms with Gasteiger partial charge in [-0.05, 0) is 18.5 Å². The van der Waals surface area contributed by atoms with Crippen LogP contribution in [0.3, 0.4) is 0 Å². The van der Waals surface area contributed by atoms with Gasteiger partial charge in [-0.15, -0.1) is 12.4 Å². The van der Waals surface area contributed by atoms with Crippen molar-refractivity contribution in [1.82, 2.24) is 5.32 Å². The molecular formula is C19H33ClN2O2S2. The predicted molar refractivity (Wildman–Crippen MR) is 120 cm³/mol. The Morgan fingerprint density at radius 2 is 1.54 bits per heavy atom. The molecule has 0 bridgehead atoms.